The smallest absolute Gasteiger partial charge is 0.157 e. The highest BCUT2D eigenvalue weighted by molar-refractivity contribution is 5.66. The minimum atomic E-state index is -0.279. The van der Waals surface area contributed by atoms with Gasteiger partial charge in [-0.1, -0.05) is 18.2 Å². The van der Waals surface area contributed by atoms with E-state index in [0.29, 0.717) is 11.3 Å². The van der Waals surface area contributed by atoms with Gasteiger partial charge in [0, 0.05) is 36.6 Å². The molecular formula is C19H16FN5. The quantitative estimate of drug-likeness (QED) is 0.606. The third kappa shape index (κ3) is 3.33. The molecule has 0 aliphatic heterocycles. The molecule has 0 saturated heterocycles. The largest absolute Gasteiger partial charge is 0.370 e. The Kier molecular flexibility index (Phi) is 4.08. The number of aromatic nitrogens is 4. The van der Waals surface area contributed by atoms with Crippen molar-refractivity contribution in [3.8, 4) is 11.3 Å². The van der Waals surface area contributed by atoms with Gasteiger partial charge in [0.1, 0.15) is 11.6 Å². The van der Waals surface area contributed by atoms with Crippen molar-refractivity contribution in [2.45, 2.75) is 6.42 Å². The Morgan fingerprint density at radius 3 is 2.84 bits per heavy atom. The van der Waals surface area contributed by atoms with Crippen molar-refractivity contribution in [2.75, 3.05) is 11.9 Å². The van der Waals surface area contributed by atoms with E-state index in [1.807, 2.05) is 36.5 Å². The minimum Gasteiger partial charge on any atom is -0.370 e. The lowest BCUT2D eigenvalue weighted by atomic mass is 10.1. The molecule has 0 saturated carbocycles. The van der Waals surface area contributed by atoms with Gasteiger partial charge in [-0.25, -0.2) is 9.37 Å². The zero-order chi connectivity index (χ0) is 17.1. The fourth-order valence-corrected chi connectivity index (χ4v) is 2.72. The van der Waals surface area contributed by atoms with Crippen LogP contribution in [-0.4, -0.2) is 26.1 Å². The van der Waals surface area contributed by atoms with Gasteiger partial charge < -0.3 is 5.32 Å². The summed E-state index contributed by atoms with van der Waals surface area (Å²) < 4.78 is 15.3. The maximum Gasteiger partial charge on any atom is 0.157 e. The van der Waals surface area contributed by atoms with E-state index in [2.05, 4.69) is 20.4 Å². The summed E-state index contributed by atoms with van der Waals surface area (Å²) in [7, 11) is 0. The van der Waals surface area contributed by atoms with Crippen molar-refractivity contribution in [1.29, 1.82) is 0 Å². The first-order chi connectivity index (χ1) is 12.3. The number of anilines is 1. The molecule has 0 radical (unpaired) electrons. The molecule has 6 heteroatoms. The van der Waals surface area contributed by atoms with Crippen molar-refractivity contribution in [3.05, 3.63) is 78.5 Å². The lowest BCUT2D eigenvalue weighted by molar-refractivity contribution is 0.628. The fraction of sp³-hybridized carbons (Fsp3) is 0.105. The maximum atomic E-state index is 13.5. The van der Waals surface area contributed by atoms with Gasteiger partial charge in [0.15, 0.2) is 5.65 Å². The van der Waals surface area contributed by atoms with Gasteiger partial charge in [0.05, 0.1) is 11.9 Å². The summed E-state index contributed by atoms with van der Waals surface area (Å²) in [5.74, 6) is 0.539. The lowest BCUT2D eigenvalue weighted by Crippen LogP contribution is -2.10. The van der Waals surface area contributed by atoms with Crippen LogP contribution in [-0.2, 0) is 6.42 Å². The summed E-state index contributed by atoms with van der Waals surface area (Å²) in [4.78, 5) is 8.68. The number of hydrogen-bond acceptors (Lipinski definition) is 4. The van der Waals surface area contributed by atoms with Crippen molar-refractivity contribution < 1.29 is 4.39 Å². The third-order valence-corrected chi connectivity index (χ3v) is 3.92. The Labute approximate surface area is 144 Å². The monoisotopic (exact) mass is 333 g/mol. The fourth-order valence-electron chi connectivity index (χ4n) is 2.72. The Balaban J connectivity index is 1.62. The van der Waals surface area contributed by atoms with Crippen molar-refractivity contribution in [1.82, 2.24) is 19.6 Å². The minimum absolute atomic E-state index is 0.279. The van der Waals surface area contributed by atoms with Gasteiger partial charge in [-0.05, 0) is 30.2 Å². The van der Waals surface area contributed by atoms with E-state index >= 15 is 0 Å². The summed E-state index contributed by atoms with van der Waals surface area (Å²) in [6.45, 7) is 0.729. The number of fused-ring (bicyclic) bond motifs is 1. The van der Waals surface area contributed by atoms with Gasteiger partial charge in [-0.15, -0.1) is 0 Å². The molecule has 0 amide bonds. The number of nitrogens with zero attached hydrogens (tertiary/aromatic N) is 4. The Hall–Kier alpha value is -3.28. The van der Waals surface area contributed by atoms with Gasteiger partial charge in [-0.2, -0.15) is 9.61 Å². The van der Waals surface area contributed by atoms with Gasteiger partial charge in [0.25, 0.3) is 0 Å². The molecule has 3 aromatic heterocycles. The Morgan fingerprint density at radius 2 is 2.00 bits per heavy atom. The summed E-state index contributed by atoms with van der Waals surface area (Å²) in [6, 6.07) is 14.1. The molecule has 3 heterocycles. The molecule has 25 heavy (non-hydrogen) atoms. The molecule has 0 aliphatic rings. The summed E-state index contributed by atoms with van der Waals surface area (Å²) >= 11 is 0. The van der Waals surface area contributed by atoms with Crippen LogP contribution < -0.4 is 5.32 Å². The molecule has 0 bridgehead atoms. The molecule has 4 rings (SSSR count). The average molecular weight is 333 g/mol. The Bertz CT molecular complexity index is 997. The highest BCUT2D eigenvalue weighted by Gasteiger charge is 2.08. The first-order valence-electron chi connectivity index (χ1n) is 8.03. The van der Waals surface area contributed by atoms with Gasteiger partial charge >= 0.3 is 0 Å². The number of nitrogens with one attached hydrogen (secondary N) is 1. The predicted molar refractivity (Wildman–Crippen MR) is 94.8 cm³/mol. The third-order valence-electron chi connectivity index (χ3n) is 3.92. The van der Waals surface area contributed by atoms with E-state index in [-0.39, 0.29) is 5.82 Å². The molecule has 0 aliphatic carbocycles. The van der Waals surface area contributed by atoms with E-state index in [1.165, 1.54) is 12.1 Å². The first-order valence-corrected chi connectivity index (χ1v) is 8.03. The van der Waals surface area contributed by atoms with Crippen LogP contribution >= 0.6 is 0 Å². The Morgan fingerprint density at radius 1 is 1.04 bits per heavy atom. The number of pyridine rings is 1. The molecular weight excluding hydrogens is 317 g/mol. The van der Waals surface area contributed by atoms with Crippen molar-refractivity contribution >= 4 is 11.5 Å². The van der Waals surface area contributed by atoms with E-state index < -0.39 is 0 Å². The number of hydrogen-bond donors (Lipinski definition) is 1. The highest BCUT2D eigenvalue weighted by Crippen LogP contribution is 2.22. The van der Waals surface area contributed by atoms with Crippen LogP contribution in [0.25, 0.3) is 16.9 Å². The van der Waals surface area contributed by atoms with Crippen LogP contribution in [0, 0.1) is 5.82 Å². The summed E-state index contributed by atoms with van der Waals surface area (Å²) in [5.41, 5.74) is 3.31. The summed E-state index contributed by atoms with van der Waals surface area (Å²) in [6.07, 6.45) is 6.16. The molecule has 5 nitrogen and oxygen atoms in total. The van der Waals surface area contributed by atoms with E-state index in [0.717, 1.165) is 29.9 Å². The first kappa shape index (κ1) is 15.3. The van der Waals surface area contributed by atoms with Crippen LogP contribution in [0.4, 0.5) is 10.2 Å². The van der Waals surface area contributed by atoms with E-state index in [4.69, 9.17) is 0 Å². The molecule has 124 valence electrons. The maximum absolute atomic E-state index is 13.5. The normalized spacial score (nSPS) is 10.9. The average Bonchev–Trinajstić information content (AvgIpc) is 3.11. The molecule has 0 spiro atoms. The zero-order valence-corrected chi connectivity index (χ0v) is 13.4. The molecule has 0 fully saturated rings. The molecule has 1 aromatic carbocycles. The van der Waals surface area contributed by atoms with Crippen molar-refractivity contribution in [2.24, 2.45) is 0 Å². The van der Waals surface area contributed by atoms with Crippen molar-refractivity contribution in [3.63, 3.8) is 0 Å². The standard InChI is InChI=1S/C19H16FN5/c20-16-5-1-4-15(11-16)17-12-19(25-18(24-17)7-10-23-25)22-9-6-14-3-2-8-21-13-14/h1-5,7-8,10-13,22H,6,9H2. The topological polar surface area (TPSA) is 55.1 Å². The second kappa shape index (κ2) is 6.68. The number of halogens is 1. The number of rotatable bonds is 5. The summed E-state index contributed by atoms with van der Waals surface area (Å²) in [5, 5.41) is 7.69. The second-order valence-corrected chi connectivity index (χ2v) is 5.68. The van der Waals surface area contributed by atoms with Crippen LogP contribution in [0.3, 0.4) is 0 Å². The predicted octanol–water partition coefficient (Wildman–Crippen LogP) is 3.59. The molecule has 0 unspecified atom stereocenters. The van der Waals surface area contributed by atoms with E-state index in [1.54, 1.807) is 23.0 Å². The van der Waals surface area contributed by atoms with Gasteiger partial charge in [-0.3, -0.25) is 4.98 Å². The molecule has 1 N–H and O–H groups in total. The second-order valence-electron chi connectivity index (χ2n) is 5.68. The lowest BCUT2D eigenvalue weighted by Gasteiger charge is -2.11. The van der Waals surface area contributed by atoms with Crippen LogP contribution in [0.15, 0.2) is 67.1 Å². The van der Waals surface area contributed by atoms with Gasteiger partial charge in [0.2, 0.25) is 0 Å². The zero-order valence-electron chi connectivity index (χ0n) is 13.4. The number of benzene rings is 1. The molecule has 4 aromatic rings. The SMILES string of the molecule is Fc1cccc(-c2cc(NCCc3cccnc3)n3nccc3n2)c1. The van der Waals surface area contributed by atoms with Crippen LogP contribution in [0.1, 0.15) is 5.56 Å². The molecule has 0 atom stereocenters. The van der Waals surface area contributed by atoms with Crippen LogP contribution in [0.2, 0.25) is 0 Å². The van der Waals surface area contributed by atoms with E-state index in [9.17, 15) is 4.39 Å². The highest BCUT2D eigenvalue weighted by atomic mass is 19.1. The van der Waals surface area contributed by atoms with Crippen LogP contribution in [0.5, 0.6) is 0 Å².